The number of benzene rings is 1. The molecule has 1 aromatic rings. The van der Waals surface area contributed by atoms with E-state index in [1.165, 1.54) is 25.7 Å². The van der Waals surface area contributed by atoms with Crippen molar-refractivity contribution < 1.29 is 4.79 Å². The Balaban J connectivity index is 2.03. The maximum Gasteiger partial charge on any atom is 0.253 e. The van der Waals surface area contributed by atoms with Gasteiger partial charge in [0.2, 0.25) is 0 Å². The van der Waals surface area contributed by atoms with E-state index >= 15 is 0 Å². The third-order valence-corrected chi connectivity index (χ3v) is 5.55. The largest absolute Gasteiger partial charge is 0.382 e. The molecule has 0 atom stereocenters. The minimum Gasteiger partial charge on any atom is -0.382 e. The molecule has 2 rings (SSSR count). The molecular weight excluding hydrogens is 280 g/mol. The van der Waals surface area contributed by atoms with Gasteiger partial charge in [-0.25, -0.2) is 0 Å². The molecule has 2 N–H and O–H groups in total. The Kier molecular flexibility index (Phi) is 5.57. The second kappa shape index (κ2) is 7.21. The van der Waals surface area contributed by atoms with Crippen molar-refractivity contribution in [3.63, 3.8) is 0 Å². The first-order valence-corrected chi connectivity index (χ1v) is 8.98. The molecule has 1 aliphatic carbocycles. The zero-order valence-electron chi connectivity index (χ0n) is 13.2. The second-order valence-electron chi connectivity index (χ2n) is 6.12. The van der Waals surface area contributed by atoms with Gasteiger partial charge in [0, 0.05) is 23.0 Å². The number of anilines is 1. The van der Waals surface area contributed by atoms with Crippen LogP contribution in [0.2, 0.25) is 0 Å². The van der Waals surface area contributed by atoms with Gasteiger partial charge in [-0.3, -0.25) is 4.79 Å². The van der Waals surface area contributed by atoms with Gasteiger partial charge in [-0.2, -0.15) is 11.8 Å². The highest BCUT2D eigenvalue weighted by molar-refractivity contribution is 8.00. The van der Waals surface area contributed by atoms with Crippen molar-refractivity contribution in [2.24, 2.45) is 0 Å². The van der Waals surface area contributed by atoms with Gasteiger partial charge in [0.05, 0.1) is 5.56 Å². The van der Waals surface area contributed by atoms with Crippen LogP contribution >= 0.6 is 11.8 Å². The highest BCUT2D eigenvalue weighted by Crippen LogP contribution is 2.39. The van der Waals surface area contributed by atoms with E-state index in [0.29, 0.717) is 6.04 Å². The Morgan fingerprint density at radius 1 is 1.29 bits per heavy atom. The maximum atomic E-state index is 12.5. The average Bonchev–Trinajstić information content (AvgIpc) is 2.94. The Morgan fingerprint density at radius 2 is 1.95 bits per heavy atom. The predicted octanol–water partition coefficient (Wildman–Crippen LogP) is 3.91. The summed E-state index contributed by atoms with van der Waals surface area (Å²) < 4.78 is 0.246. The lowest BCUT2D eigenvalue weighted by Crippen LogP contribution is -2.38. The summed E-state index contributed by atoms with van der Waals surface area (Å²) in [6, 6.07) is 8.04. The number of thioether (sulfide) groups is 1. The van der Waals surface area contributed by atoms with Gasteiger partial charge in [0.25, 0.3) is 5.91 Å². The van der Waals surface area contributed by atoms with Crippen molar-refractivity contribution in [3.05, 3.63) is 29.8 Å². The lowest BCUT2D eigenvalue weighted by atomic mass is 10.1. The van der Waals surface area contributed by atoms with Crippen LogP contribution in [0, 0.1) is 0 Å². The van der Waals surface area contributed by atoms with Crippen LogP contribution in [0.1, 0.15) is 49.9 Å². The lowest BCUT2D eigenvalue weighted by molar-refractivity contribution is 0.0950. The van der Waals surface area contributed by atoms with Crippen molar-refractivity contribution in [1.29, 1.82) is 0 Å². The van der Waals surface area contributed by atoms with Crippen molar-refractivity contribution in [3.8, 4) is 0 Å². The van der Waals surface area contributed by atoms with E-state index in [9.17, 15) is 4.79 Å². The molecule has 0 aliphatic heterocycles. The summed E-state index contributed by atoms with van der Waals surface area (Å²) in [7, 11) is 0. The lowest BCUT2D eigenvalue weighted by Gasteiger charge is -2.27. The van der Waals surface area contributed by atoms with Crippen LogP contribution in [-0.4, -0.2) is 29.5 Å². The molecule has 0 radical (unpaired) electrons. The number of para-hydroxylation sites is 1. The van der Waals surface area contributed by atoms with Crippen LogP contribution in [0.25, 0.3) is 0 Å². The Bertz CT molecular complexity index is 481. The van der Waals surface area contributed by atoms with Crippen LogP contribution in [0.4, 0.5) is 5.69 Å². The summed E-state index contributed by atoms with van der Waals surface area (Å²) in [5, 5.41) is 6.49. The number of hydrogen-bond acceptors (Lipinski definition) is 3. The van der Waals surface area contributed by atoms with Crippen molar-refractivity contribution in [2.75, 3.05) is 18.1 Å². The minimum absolute atomic E-state index is 0.0269. The number of carbonyl (C=O) groups is 1. The van der Waals surface area contributed by atoms with E-state index in [1.807, 2.05) is 36.0 Å². The second-order valence-corrected chi connectivity index (χ2v) is 7.40. The normalized spacial score (nSPS) is 17.0. The number of carbonyl (C=O) groups excluding carboxylic acids is 1. The van der Waals surface area contributed by atoms with Crippen LogP contribution in [0.5, 0.6) is 0 Å². The predicted molar refractivity (Wildman–Crippen MR) is 92.2 cm³/mol. The number of rotatable bonds is 6. The molecule has 0 heterocycles. The number of hydrogen-bond donors (Lipinski definition) is 2. The zero-order valence-corrected chi connectivity index (χ0v) is 14.1. The summed E-state index contributed by atoms with van der Waals surface area (Å²) >= 11 is 1.90. The Hall–Kier alpha value is -1.16. The molecule has 3 nitrogen and oxygen atoms in total. The van der Waals surface area contributed by atoms with Gasteiger partial charge in [0.1, 0.15) is 0 Å². The van der Waals surface area contributed by atoms with Gasteiger partial charge in [0.15, 0.2) is 0 Å². The fourth-order valence-electron chi connectivity index (χ4n) is 2.93. The van der Waals surface area contributed by atoms with Crippen molar-refractivity contribution in [2.45, 2.75) is 50.3 Å². The van der Waals surface area contributed by atoms with Gasteiger partial charge in [-0.05, 0) is 45.1 Å². The number of amides is 1. The molecule has 0 unspecified atom stereocenters. The molecular formula is C17H26N2OS. The van der Waals surface area contributed by atoms with Gasteiger partial charge in [-0.15, -0.1) is 0 Å². The summed E-state index contributed by atoms with van der Waals surface area (Å²) in [6.07, 6.45) is 7.14. The van der Waals surface area contributed by atoms with Gasteiger partial charge < -0.3 is 10.6 Å². The molecule has 1 fully saturated rings. The maximum absolute atomic E-state index is 12.5. The van der Waals surface area contributed by atoms with E-state index in [1.54, 1.807) is 0 Å². The van der Waals surface area contributed by atoms with Crippen LogP contribution in [0.15, 0.2) is 24.3 Å². The molecule has 1 aliphatic rings. The molecule has 0 bridgehead atoms. The van der Waals surface area contributed by atoms with E-state index in [4.69, 9.17) is 0 Å². The smallest absolute Gasteiger partial charge is 0.253 e. The Labute approximate surface area is 132 Å². The molecule has 0 saturated heterocycles. The van der Waals surface area contributed by atoms with E-state index in [2.05, 4.69) is 30.7 Å². The van der Waals surface area contributed by atoms with Crippen molar-refractivity contribution in [1.82, 2.24) is 5.32 Å². The molecule has 21 heavy (non-hydrogen) atoms. The highest BCUT2D eigenvalue weighted by Gasteiger charge is 2.33. The average molecular weight is 306 g/mol. The molecule has 1 saturated carbocycles. The monoisotopic (exact) mass is 306 g/mol. The third kappa shape index (κ3) is 4.16. The molecule has 116 valence electrons. The van der Waals surface area contributed by atoms with Crippen LogP contribution < -0.4 is 10.6 Å². The molecule has 1 aromatic carbocycles. The first-order valence-electron chi connectivity index (χ1n) is 7.75. The van der Waals surface area contributed by atoms with Crippen molar-refractivity contribution >= 4 is 23.4 Å². The van der Waals surface area contributed by atoms with Gasteiger partial charge >= 0.3 is 0 Å². The standard InChI is InChI=1S/C17H26N2OS/c1-13(2)19-15-9-5-4-8-14(15)16(20)18-12-17(21-3)10-6-7-11-17/h4-5,8-9,13,19H,6-7,10-12H2,1-3H3,(H,18,20). The first kappa shape index (κ1) is 16.2. The molecule has 1 amide bonds. The highest BCUT2D eigenvalue weighted by atomic mass is 32.2. The summed E-state index contributed by atoms with van der Waals surface area (Å²) in [6.45, 7) is 4.93. The number of nitrogens with one attached hydrogen (secondary N) is 2. The zero-order chi connectivity index (χ0) is 15.3. The minimum atomic E-state index is 0.0269. The van der Waals surface area contributed by atoms with E-state index < -0.39 is 0 Å². The fourth-order valence-corrected chi connectivity index (χ4v) is 3.84. The summed E-state index contributed by atoms with van der Waals surface area (Å²) in [5.74, 6) is 0.0269. The first-order chi connectivity index (χ1) is 10.1. The van der Waals surface area contributed by atoms with Crippen LogP contribution in [-0.2, 0) is 0 Å². The molecule has 0 aromatic heterocycles. The third-order valence-electron chi connectivity index (χ3n) is 4.13. The topological polar surface area (TPSA) is 41.1 Å². The van der Waals surface area contributed by atoms with Gasteiger partial charge in [-0.1, -0.05) is 25.0 Å². The van der Waals surface area contributed by atoms with Crippen LogP contribution in [0.3, 0.4) is 0 Å². The molecule has 4 heteroatoms. The van der Waals surface area contributed by atoms with E-state index in [-0.39, 0.29) is 10.7 Å². The quantitative estimate of drug-likeness (QED) is 0.837. The fraction of sp³-hybridized carbons (Fsp3) is 0.588. The summed E-state index contributed by atoms with van der Waals surface area (Å²) in [5.41, 5.74) is 1.65. The van der Waals surface area contributed by atoms with E-state index in [0.717, 1.165) is 17.8 Å². The molecule has 0 spiro atoms. The Morgan fingerprint density at radius 3 is 2.57 bits per heavy atom. The summed E-state index contributed by atoms with van der Waals surface area (Å²) in [4.78, 5) is 12.5. The SMILES string of the molecule is CSC1(CNC(=O)c2ccccc2NC(C)C)CCCC1.